The van der Waals surface area contributed by atoms with Crippen LogP contribution >= 0.6 is 0 Å². The first-order valence-corrected chi connectivity index (χ1v) is 9.41. The van der Waals surface area contributed by atoms with E-state index in [4.69, 9.17) is 14.0 Å². The van der Waals surface area contributed by atoms with E-state index in [1.165, 1.54) is 33.1 Å². The SMILES string of the molecule is CCCCCCNCOC(C)(C)CCOC(C)(C)S(=O)(=O)O. The average molecular weight is 339 g/mol. The van der Waals surface area contributed by atoms with Crippen LogP contribution in [0.15, 0.2) is 0 Å². The number of rotatable bonds is 13. The third kappa shape index (κ3) is 9.74. The summed E-state index contributed by atoms with van der Waals surface area (Å²) in [7, 11) is -4.23. The molecule has 0 aromatic heterocycles. The third-order valence-electron chi connectivity index (χ3n) is 3.55. The number of hydrogen-bond acceptors (Lipinski definition) is 5. The number of nitrogens with one attached hydrogen (secondary N) is 1. The third-order valence-corrected chi connectivity index (χ3v) is 4.91. The standard InChI is InChI=1S/C15H33NO5S/c1-6-7-8-9-11-16-13-21-14(2,3)10-12-20-15(4,5)22(17,18)19/h16H,6-13H2,1-5H3,(H,17,18,19). The van der Waals surface area contributed by atoms with Crippen molar-refractivity contribution in [3.8, 4) is 0 Å². The number of hydrogen-bond donors (Lipinski definition) is 2. The quantitative estimate of drug-likeness (QED) is 0.305. The van der Waals surface area contributed by atoms with Crippen molar-refractivity contribution in [3.05, 3.63) is 0 Å². The lowest BCUT2D eigenvalue weighted by Crippen LogP contribution is -2.37. The molecule has 0 aliphatic rings. The van der Waals surface area contributed by atoms with E-state index in [1.54, 1.807) is 0 Å². The summed E-state index contributed by atoms with van der Waals surface area (Å²) in [6, 6.07) is 0. The summed E-state index contributed by atoms with van der Waals surface area (Å²) >= 11 is 0. The van der Waals surface area contributed by atoms with Crippen LogP contribution in [0, 0.1) is 0 Å². The summed E-state index contributed by atoms with van der Waals surface area (Å²) in [5.74, 6) is 0. The van der Waals surface area contributed by atoms with Crippen molar-refractivity contribution in [1.82, 2.24) is 5.32 Å². The molecule has 0 radical (unpaired) electrons. The van der Waals surface area contributed by atoms with Gasteiger partial charge in [-0.15, -0.1) is 0 Å². The first-order valence-electron chi connectivity index (χ1n) is 7.97. The maximum absolute atomic E-state index is 11.1. The second-order valence-electron chi connectivity index (χ2n) is 6.58. The van der Waals surface area contributed by atoms with Crippen LogP contribution in [0.3, 0.4) is 0 Å². The molecule has 134 valence electrons. The van der Waals surface area contributed by atoms with Crippen molar-refractivity contribution in [2.24, 2.45) is 0 Å². The minimum Gasteiger partial charge on any atom is -0.360 e. The zero-order chi connectivity index (χ0) is 17.3. The summed E-state index contributed by atoms with van der Waals surface area (Å²) in [6.07, 6.45) is 5.39. The van der Waals surface area contributed by atoms with E-state index in [-0.39, 0.29) is 6.61 Å². The van der Waals surface area contributed by atoms with Gasteiger partial charge in [0.2, 0.25) is 0 Å². The molecule has 0 saturated carbocycles. The molecule has 0 aromatic carbocycles. The maximum atomic E-state index is 11.1. The molecular weight excluding hydrogens is 306 g/mol. The van der Waals surface area contributed by atoms with Crippen LogP contribution in [0.5, 0.6) is 0 Å². The van der Waals surface area contributed by atoms with Crippen molar-refractivity contribution in [1.29, 1.82) is 0 Å². The van der Waals surface area contributed by atoms with Crippen molar-refractivity contribution in [3.63, 3.8) is 0 Å². The summed E-state index contributed by atoms with van der Waals surface area (Å²) < 4.78 is 42.3. The van der Waals surface area contributed by atoms with Crippen LogP contribution < -0.4 is 5.32 Å². The highest BCUT2D eigenvalue weighted by atomic mass is 32.2. The van der Waals surface area contributed by atoms with Crippen molar-refractivity contribution >= 4 is 10.1 Å². The molecule has 2 N–H and O–H groups in total. The molecule has 0 saturated heterocycles. The molecule has 0 amide bonds. The van der Waals surface area contributed by atoms with E-state index >= 15 is 0 Å². The van der Waals surface area contributed by atoms with E-state index < -0.39 is 20.7 Å². The Morgan fingerprint density at radius 3 is 2.23 bits per heavy atom. The van der Waals surface area contributed by atoms with Gasteiger partial charge in [-0.3, -0.25) is 9.87 Å². The van der Waals surface area contributed by atoms with Crippen molar-refractivity contribution in [2.45, 2.75) is 77.3 Å². The first-order chi connectivity index (χ1) is 10.0. The Morgan fingerprint density at radius 2 is 1.68 bits per heavy atom. The minimum absolute atomic E-state index is 0.191. The molecule has 0 heterocycles. The molecule has 22 heavy (non-hydrogen) atoms. The Balaban J connectivity index is 3.87. The Kier molecular flexibility index (Phi) is 9.73. The fourth-order valence-corrected chi connectivity index (χ4v) is 1.92. The normalized spacial score (nSPS) is 13.5. The van der Waals surface area contributed by atoms with Crippen LogP contribution in [0.1, 0.15) is 66.7 Å². The predicted molar refractivity (Wildman–Crippen MR) is 88.4 cm³/mol. The molecule has 7 heteroatoms. The molecule has 0 unspecified atom stereocenters. The van der Waals surface area contributed by atoms with Gasteiger partial charge >= 0.3 is 0 Å². The van der Waals surface area contributed by atoms with Gasteiger partial charge in [0.1, 0.15) is 0 Å². The lowest BCUT2D eigenvalue weighted by molar-refractivity contribution is -0.0603. The van der Waals surface area contributed by atoms with Crippen molar-refractivity contribution < 1.29 is 22.4 Å². The highest BCUT2D eigenvalue weighted by Gasteiger charge is 2.34. The van der Waals surface area contributed by atoms with E-state index in [0.29, 0.717) is 13.2 Å². The summed E-state index contributed by atoms with van der Waals surface area (Å²) in [5.41, 5.74) is -0.425. The van der Waals surface area contributed by atoms with E-state index in [9.17, 15) is 8.42 Å². The van der Waals surface area contributed by atoms with Gasteiger partial charge in [-0.05, 0) is 47.1 Å². The molecule has 0 rings (SSSR count). The molecular formula is C15H33NO5S. The first kappa shape index (κ1) is 21.8. The smallest absolute Gasteiger partial charge is 0.294 e. The topological polar surface area (TPSA) is 84.9 Å². The largest absolute Gasteiger partial charge is 0.360 e. The molecule has 0 aromatic rings. The minimum atomic E-state index is -4.23. The Labute approximate surface area is 135 Å². The molecule has 6 nitrogen and oxygen atoms in total. The van der Waals surface area contributed by atoms with Gasteiger partial charge < -0.3 is 9.47 Å². The fourth-order valence-electron chi connectivity index (χ4n) is 1.68. The molecule has 0 aliphatic carbocycles. The van der Waals surface area contributed by atoms with Crippen LogP contribution in [-0.4, -0.2) is 43.4 Å². The van der Waals surface area contributed by atoms with E-state index in [1.807, 2.05) is 13.8 Å². The average Bonchev–Trinajstić information content (AvgIpc) is 2.35. The Bertz CT molecular complexity index is 393. The lowest BCUT2D eigenvalue weighted by atomic mass is 10.1. The van der Waals surface area contributed by atoms with Gasteiger partial charge in [-0.1, -0.05) is 26.2 Å². The van der Waals surface area contributed by atoms with E-state index in [0.717, 1.165) is 13.0 Å². The Morgan fingerprint density at radius 1 is 1.05 bits per heavy atom. The second kappa shape index (κ2) is 9.82. The molecule has 0 atom stereocenters. The highest BCUT2D eigenvalue weighted by molar-refractivity contribution is 7.87. The number of unbranched alkanes of at least 4 members (excludes halogenated alkanes) is 3. The van der Waals surface area contributed by atoms with E-state index in [2.05, 4.69) is 12.2 Å². The van der Waals surface area contributed by atoms with Crippen molar-refractivity contribution in [2.75, 3.05) is 19.9 Å². The molecule has 0 fully saturated rings. The van der Waals surface area contributed by atoms with Gasteiger partial charge in [-0.2, -0.15) is 8.42 Å². The lowest BCUT2D eigenvalue weighted by Gasteiger charge is -2.28. The summed E-state index contributed by atoms with van der Waals surface area (Å²) in [6.45, 7) is 10.3. The molecule has 0 bridgehead atoms. The predicted octanol–water partition coefficient (Wildman–Crippen LogP) is 2.94. The highest BCUT2D eigenvalue weighted by Crippen LogP contribution is 2.20. The van der Waals surface area contributed by atoms with Gasteiger partial charge in [-0.25, -0.2) is 0 Å². The van der Waals surface area contributed by atoms with Gasteiger partial charge in [0.05, 0.1) is 18.9 Å². The monoisotopic (exact) mass is 339 g/mol. The van der Waals surface area contributed by atoms with Crippen LogP contribution in [-0.2, 0) is 19.6 Å². The van der Waals surface area contributed by atoms with Gasteiger partial charge in [0.15, 0.2) is 4.93 Å². The van der Waals surface area contributed by atoms with Crippen LogP contribution in [0.25, 0.3) is 0 Å². The summed E-state index contributed by atoms with van der Waals surface area (Å²) in [4.78, 5) is -1.60. The zero-order valence-corrected chi connectivity index (χ0v) is 15.5. The molecule has 0 spiro atoms. The Hall–Kier alpha value is -0.210. The van der Waals surface area contributed by atoms with Gasteiger partial charge in [0.25, 0.3) is 10.1 Å². The number of ether oxygens (including phenoxy) is 2. The van der Waals surface area contributed by atoms with Crippen LogP contribution in [0.2, 0.25) is 0 Å². The summed E-state index contributed by atoms with van der Waals surface area (Å²) in [5, 5.41) is 3.23. The zero-order valence-electron chi connectivity index (χ0n) is 14.6. The maximum Gasteiger partial charge on any atom is 0.294 e. The fraction of sp³-hybridized carbons (Fsp3) is 1.00. The van der Waals surface area contributed by atoms with Crippen LogP contribution in [0.4, 0.5) is 0 Å². The van der Waals surface area contributed by atoms with Gasteiger partial charge in [0, 0.05) is 0 Å². The second-order valence-corrected chi connectivity index (χ2v) is 8.52. The molecule has 0 aliphatic heterocycles.